The van der Waals surface area contributed by atoms with Gasteiger partial charge in [-0.1, -0.05) is 18.2 Å². The van der Waals surface area contributed by atoms with Crippen LogP contribution >= 0.6 is 0 Å². The van der Waals surface area contributed by atoms with Crippen LogP contribution in [0.5, 0.6) is 0 Å². The highest BCUT2D eigenvalue weighted by Crippen LogP contribution is 2.13. The van der Waals surface area contributed by atoms with Gasteiger partial charge in [0.15, 0.2) is 9.84 Å². The number of benzene rings is 1. The molecule has 0 spiro atoms. The average Bonchev–Trinajstić information content (AvgIpc) is 2.49. The number of carbonyl (C=O) groups excluding carboxylic acids is 2. The Morgan fingerprint density at radius 2 is 2.00 bits per heavy atom. The molecule has 0 saturated carbocycles. The third-order valence-corrected chi connectivity index (χ3v) is 5.24. The molecule has 1 atom stereocenters. The molecule has 1 unspecified atom stereocenters. The molecule has 0 bridgehead atoms. The van der Waals surface area contributed by atoms with E-state index in [1.54, 1.807) is 25.1 Å². The number of piperazine rings is 1. The predicted octanol–water partition coefficient (Wildman–Crippen LogP) is 0.197. The van der Waals surface area contributed by atoms with Crippen molar-refractivity contribution in [3.63, 3.8) is 0 Å². The molecular weight excluding hydrogens is 292 g/mol. The predicted molar refractivity (Wildman–Crippen MR) is 77.3 cm³/mol. The lowest BCUT2D eigenvalue weighted by Crippen LogP contribution is -2.56. The molecule has 21 heavy (non-hydrogen) atoms. The maximum absolute atomic E-state index is 12.1. The fourth-order valence-electron chi connectivity index (χ4n) is 2.23. The molecule has 7 heteroatoms. The van der Waals surface area contributed by atoms with Gasteiger partial charge in [0.25, 0.3) is 0 Å². The second-order valence-corrected chi connectivity index (χ2v) is 7.05. The van der Waals surface area contributed by atoms with Crippen molar-refractivity contribution in [2.45, 2.75) is 24.3 Å². The molecule has 6 nitrogen and oxygen atoms in total. The van der Waals surface area contributed by atoms with Gasteiger partial charge in [-0.2, -0.15) is 0 Å². The van der Waals surface area contributed by atoms with Crippen LogP contribution in [0.4, 0.5) is 0 Å². The SMILES string of the molecule is CC1C(=O)NCCN1C(=O)CCS(=O)(=O)c1ccccc1. The molecule has 0 aromatic heterocycles. The lowest BCUT2D eigenvalue weighted by atomic mass is 10.2. The Hall–Kier alpha value is -1.89. The molecule has 1 aromatic carbocycles. The van der Waals surface area contributed by atoms with Crippen LogP contribution in [0.3, 0.4) is 0 Å². The van der Waals surface area contributed by atoms with Gasteiger partial charge in [-0.05, 0) is 19.1 Å². The Morgan fingerprint density at radius 1 is 1.33 bits per heavy atom. The fraction of sp³-hybridized carbons (Fsp3) is 0.429. The first-order valence-corrected chi connectivity index (χ1v) is 8.42. The van der Waals surface area contributed by atoms with Gasteiger partial charge in [-0.15, -0.1) is 0 Å². The number of carbonyl (C=O) groups is 2. The molecule has 114 valence electrons. The maximum Gasteiger partial charge on any atom is 0.242 e. The van der Waals surface area contributed by atoms with E-state index in [9.17, 15) is 18.0 Å². The third-order valence-electron chi connectivity index (χ3n) is 3.51. The maximum atomic E-state index is 12.1. The number of rotatable bonds is 4. The van der Waals surface area contributed by atoms with Crippen LogP contribution in [0.25, 0.3) is 0 Å². The highest BCUT2D eigenvalue weighted by Gasteiger charge is 2.29. The van der Waals surface area contributed by atoms with Gasteiger partial charge < -0.3 is 10.2 Å². The molecule has 1 aliphatic heterocycles. The molecule has 2 amide bonds. The topological polar surface area (TPSA) is 83.6 Å². The highest BCUT2D eigenvalue weighted by atomic mass is 32.2. The molecule has 2 rings (SSSR count). The highest BCUT2D eigenvalue weighted by molar-refractivity contribution is 7.91. The zero-order valence-electron chi connectivity index (χ0n) is 11.8. The lowest BCUT2D eigenvalue weighted by Gasteiger charge is -2.32. The molecule has 1 fully saturated rings. The van der Waals surface area contributed by atoms with Crippen molar-refractivity contribution in [2.24, 2.45) is 0 Å². The van der Waals surface area contributed by atoms with E-state index in [0.29, 0.717) is 13.1 Å². The van der Waals surface area contributed by atoms with Crippen molar-refractivity contribution in [1.29, 1.82) is 0 Å². The van der Waals surface area contributed by atoms with Crippen LogP contribution in [0.1, 0.15) is 13.3 Å². The number of amides is 2. The average molecular weight is 310 g/mol. The van der Waals surface area contributed by atoms with E-state index in [2.05, 4.69) is 5.32 Å². The van der Waals surface area contributed by atoms with Gasteiger partial charge in [0, 0.05) is 19.5 Å². The fourth-order valence-corrected chi connectivity index (χ4v) is 3.48. The van der Waals surface area contributed by atoms with E-state index in [4.69, 9.17) is 0 Å². The zero-order valence-corrected chi connectivity index (χ0v) is 12.6. The normalized spacial score (nSPS) is 19.2. The quantitative estimate of drug-likeness (QED) is 0.861. The molecule has 0 aliphatic carbocycles. The largest absolute Gasteiger partial charge is 0.353 e. The van der Waals surface area contributed by atoms with Gasteiger partial charge in [0.1, 0.15) is 6.04 Å². The Kier molecular flexibility index (Phi) is 4.62. The number of sulfone groups is 1. The van der Waals surface area contributed by atoms with Crippen LogP contribution in [0, 0.1) is 0 Å². The van der Waals surface area contributed by atoms with Crippen molar-refractivity contribution in [3.8, 4) is 0 Å². The van der Waals surface area contributed by atoms with E-state index in [-0.39, 0.29) is 28.9 Å². The van der Waals surface area contributed by atoms with Crippen LogP contribution in [0.2, 0.25) is 0 Å². The molecule has 0 radical (unpaired) electrons. The summed E-state index contributed by atoms with van der Waals surface area (Å²) in [5, 5.41) is 2.66. The van der Waals surface area contributed by atoms with Crippen molar-refractivity contribution >= 4 is 21.7 Å². The van der Waals surface area contributed by atoms with Crippen molar-refractivity contribution < 1.29 is 18.0 Å². The Labute approximate surface area is 124 Å². The van der Waals surface area contributed by atoms with Gasteiger partial charge in [0.2, 0.25) is 11.8 Å². The van der Waals surface area contributed by atoms with E-state index in [1.165, 1.54) is 17.0 Å². The summed E-state index contributed by atoms with van der Waals surface area (Å²) in [6.07, 6.45) is -0.116. The Bertz CT molecular complexity index is 628. The first kappa shape index (κ1) is 15.5. The van der Waals surface area contributed by atoms with E-state index in [0.717, 1.165) is 0 Å². The standard InChI is InChI=1S/C14H18N2O4S/c1-11-14(18)15-8-9-16(11)13(17)7-10-21(19,20)12-5-3-2-4-6-12/h2-6,11H,7-10H2,1H3,(H,15,18). The zero-order chi connectivity index (χ0) is 15.5. The van der Waals surface area contributed by atoms with E-state index in [1.807, 2.05) is 0 Å². The van der Waals surface area contributed by atoms with E-state index >= 15 is 0 Å². The lowest BCUT2D eigenvalue weighted by molar-refractivity contribution is -0.142. The van der Waals surface area contributed by atoms with Crippen molar-refractivity contribution in [1.82, 2.24) is 10.2 Å². The van der Waals surface area contributed by atoms with Crippen molar-refractivity contribution in [3.05, 3.63) is 30.3 Å². The minimum Gasteiger partial charge on any atom is -0.353 e. The summed E-state index contributed by atoms with van der Waals surface area (Å²) >= 11 is 0. The second kappa shape index (κ2) is 6.26. The first-order valence-electron chi connectivity index (χ1n) is 6.77. The smallest absolute Gasteiger partial charge is 0.242 e. The molecular formula is C14H18N2O4S. The molecule has 1 aliphatic rings. The van der Waals surface area contributed by atoms with Crippen LogP contribution < -0.4 is 5.32 Å². The Morgan fingerprint density at radius 3 is 2.67 bits per heavy atom. The first-order chi connectivity index (χ1) is 9.92. The number of nitrogens with zero attached hydrogens (tertiary/aromatic N) is 1. The van der Waals surface area contributed by atoms with Gasteiger partial charge >= 0.3 is 0 Å². The van der Waals surface area contributed by atoms with Crippen LogP contribution in [-0.2, 0) is 19.4 Å². The number of hydrogen-bond donors (Lipinski definition) is 1. The van der Waals surface area contributed by atoms with Gasteiger partial charge in [0.05, 0.1) is 10.6 Å². The summed E-state index contributed by atoms with van der Waals surface area (Å²) in [5.74, 6) is -0.766. The summed E-state index contributed by atoms with van der Waals surface area (Å²) in [4.78, 5) is 25.3. The molecule has 1 N–H and O–H groups in total. The number of hydrogen-bond acceptors (Lipinski definition) is 4. The summed E-state index contributed by atoms with van der Waals surface area (Å²) < 4.78 is 24.2. The Balaban J connectivity index is 1.99. The minimum atomic E-state index is -3.47. The second-order valence-electron chi connectivity index (χ2n) is 4.94. The minimum absolute atomic E-state index is 0.116. The monoisotopic (exact) mass is 310 g/mol. The molecule has 1 saturated heterocycles. The number of nitrogens with one attached hydrogen (secondary N) is 1. The van der Waals surface area contributed by atoms with E-state index < -0.39 is 15.9 Å². The molecule has 1 aromatic rings. The molecule has 1 heterocycles. The van der Waals surface area contributed by atoms with Crippen LogP contribution in [-0.4, -0.2) is 50.0 Å². The van der Waals surface area contributed by atoms with Crippen LogP contribution in [0.15, 0.2) is 35.2 Å². The summed E-state index contributed by atoms with van der Waals surface area (Å²) in [7, 11) is -3.47. The summed E-state index contributed by atoms with van der Waals surface area (Å²) in [6.45, 7) is 2.45. The van der Waals surface area contributed by atoms with Crippen molar-refractivity contribution in [2.75, 3.05) is 18.8 Å². The summed E-state index contributed by atoms with van der Waals surface area (Å²) in [5.41, 5.74) is 0. The van der Waals surface area contributed by atoms with Gasteiger partial charge in [-0.3, -0.25) is 9.59 Å². The summed E-state index contributed by atoms with van der Waals surface area (Å²) in [6, 6.07) is 7.49. The van der Waals surface area contributed by atoms with Gasteiger partial charge in [-0.25, -0.2) is 8.42 Å². The third kappa shape index (κ3) is 3.60.